The molecule has 1 aliphatic carbocycles. The molecule has 0 amide bonds. The van der Waals surface area contributed by atoms with Crippen LogP contribution in [0.4, 0.5) is 0 Å². The summed E-state index contributed by atoms with van der Waals surface area (Å²) < 4.78 is 253. The summed E-state index contributed by atoms with van der Waals surface area (Å²) in [5, 5.41) is -4.58. The fraction of sp³-hybridized carbons (Fsp3) is 0.0588. The smallest absolute Gasteiger partial charge is 0.143 e. The highest BCUT2D eigenvalue weighted by Gasteiger charge is 2.35. The summed E-state index contributed by atoms with van der Waals surface area (Å²) in [6.45, 7) is 3.12. The molecule has 10 aromatic rings. The second-order valence-electron chi connectivity index (χ2n) is 12.7. The van der Waals surface area contributed by atoms with Crippen molar-refractivity contribution in [2.75, 3.05) is 0 Å². The second-order valence-corrected chi connectivity index (χ2v) is 12.7. The van der Waals surface area contributed by atoms with E-state index in [9.17, 15) is 17.8 Å². The Balaban J connectivity index is 1.35. The van der Waals surface area contributed by atoms with Crippen LogP contribution >= 0.6 is 0 Å². The van der Waals surface area contributed by atoms with Crippen molar-refractivity contribution in [2.45, 2.75) is 19.3 Å². The van der Waals surface area contributed by atoms with Crippen LogP contribution in [0.5, 0.6) is 0 Å². The van der Waals surface area contributed by atoms with Gasteiger partial charge in [0.25, 0.3) is 0 Å². The maximum Gasteiger partial charge on any atom is 0.143 e. The van der Waals surface area contributed by atoms with Gasteiger partial charge in [0.2, 0.25) is 0 Å². The van der Waals surface area contributed by atoms with Gasteiger partial charge in [-0.25, -0.2) is 0 Å². The van der Waals surface area contributed by atoms with Crippen LogP contribution in [0.3, 0.4) is 0 Å². The predicted molar refractivity (Wildman–Crippen MR) is 220 cm³/mol. The first-order chi connectivity index (χ1) is 36.8. The standard InChI is InChI=1S/C51H34O/c1-51(2)45-21-10-9-16-37(45)43-29-33(23-26-46(43)51)32-13-11-14-34(28-32)48-38-17-5-7-19-40(38)49(41-20-8-6-18-39(41)48)35-24-27-47-44(30-35)42-25-22-31-12-3-4-15-36(31)50(42)52-47/h3-30H,1-2H3/i3D,4D,5D,6D,7D,8D,9D,10D,11D,12D,14D,15D,16D,17D,18D,19D,20D,21D,22D,23D,24D,25D,26D,27D,28D,29D,30D. The van der Waals surface area contributed by atoms with Crippen LogP contribution in [-0.2, 0) is 5.41 Å². The van der Waals surface area contributed by atoms with Crippen molar-refractivity contribution in [1.29, 1.82) is 0 Å². The molecule has 0 saturated carbocycles. The SMILES string of the molecule is [2H]c1cc(-c2c([2H])c([2H])c3c(c2[2H])-c2c([2H])c([2H])c([2H])c([2H])c2C3(C)C)c([2H])c(-c2c3c([2H])c([2H])c([2H])c([2H])c3c(-c3c([2H])c([2H])c4oc5c6c([2H])c([2H])c([2H])c([2H])c6c([2H])c([2H])c5c4c3[2H])c3c([2H])c([2H])c([2H])c([2H])c23)c1[2H]. The van der Waals surface area contributed by atoms with E-state index in [-0.39, 0.29) is 22.3 Å². The van der Waals surface area contributed by atoms with Gasteiger partial charge in [0.15, 0.2) is 0 Å². The first-order valence-electron chi connectivity index (χ1n) is 29.5. The number of hydrogen-bond donors (Lipinski definition) is 0. The molecule has 11 rings (SSSR count). The number of fused-ring (bicyclic) bond motifs is 10. The molecule has 244 valence electrons. The van der Waals surface area contributed by atoms with Crippen molar-refractivity contribution < 1.29 is 41.4 Å². The maximum atomic E-state index is 9.97. The third-order valence-corrected chi connectivity index (χ3v) is 9.50. The van der Waals surface area contributed by atoms with Crippen LogP contribution in [0.1, 0.15) is 62.0 Å². The van der Waals surface area contributed by atoms with E-state index in [1.165, 1.54) is 0 Å². The summed E-state index contributed by atoms with van der Waals surface area (Å²) in [7, 11) is 0. The molecule has 0 atom stereocenters. The van der Waals surface area contributed by atoms with E-state index in [4.69, 9.17) is 23.6 Å². The van der Waals surface area contributed by atoms with E-state index >= 15 is 0 Å². The molecule has 0 unspecified atom stereocenters. The Morgan fingerprint density at radius 3 is 1.79 bits per heavy atom. The van der Waals surface area contributed by atoms with Crippen molar-refractivity contribution in [3.8, 4) is 44.5 Å². The van der Waals surface area contributed by atoms with Gasteiger partial charge in [-0.05, 0) is 113 Å². The largest absolute Gasteiger partial charge is 0.455 e. The minimum Gasteiger partial charge on any atom is -0.455 e. The fourth-order valence-corrected chi connectivity index (χ4v) is 7.09. The molecule has 0 spiro atoms. The lowest BCUT2D eigenvalue weighted by Gasteiger charge is -2.21. The van der Waals surface area contributed by atoms with E-state index in [0.717, 1.165) is 6.07 Å². The summed E-state index contributed by atoms with van der Waals surface area (Å²) in [5.74, 6) is 0. The Labute approximate surface area is 340 Å². The lowest BCUT2D eigenvalue weighted by atomic mass is 9.82. The summed E-state index contributed by atoms with van der Waals surface area (Å²) in [6.07, 6.45) is 0. The zero-order chi connectivity index (χ0) is 58.0. The average molecular weight is 690 g/mol. The Hall–Kier alpha value is -6.44. The summed E-state index contributed by atoms with van der Waals surface area (Å²) in [5.41, 5.74) is -6.70. The first-order valence-corrected chi connectivity index (χ1v) is 16.0. The third kappa shape index (κ3) is 4.11. The Kier molecular flexibility index (Phi) is 2.75. The van der Waals surface area contributed by atoms with Gasteiger partial charge in [-0.2, -0.15) is 0 Å². The van der Waals surface area contributed by atoms with Gasteiger partial charge < -0.3 is 4.42 Å². The highest BCUT2D eigenvalue weighted by Crippen LogP contribution is 2.50. The fourth-order valence-electron chi connectivity index (χ4n) is 7.09. The zero-order valence-electron chi connectivity index (χ0n) is 54.0. The second kappa shape index (κ2) is 10.8. The van der Waals surface area contributed by atoms with Gasteiger partial charge >= 0.3 is 0 Å². The van der Waals surface area contributed by atoms with Crippen LogP contribution in [0.15, 0.2) is 174 Å². The van der Waals surface area contributed by atoms with E-state index in [0.29, 0.717) is 0 Å². The van der Waals surface area contributed by atoms with Crippen LogP contribution in [0, 0.1) is 0 Å². The summed E-state index contributed by atoms with van der Waals surface area (Å²) in [6, 6.07) is -20.6. The van der Waals surface area contributed by atoms with Gasteiger partial charge in [-0.15, -0.1) is 0 Å². The normalized spacial score (nSPS) is 20.6. The van der Waals surface area contributed by atoms with Crippen LogP contribution in [0.2, 0.25) is 0 Å². The number of hydrogen-bond acceptors (Lipinski definition) is 1. The highest BCUT2D eigenvalue weighted by atomic mass is 16.3. The van der Waals surface area contributed by atoms with E-state index in [2.05, 4.69) is 0 Å². The molecular weight excluding hydrogens is 629 g/mol. The molecule has 52 heavy (non-hydrogen) atoms. The monoisotopic (exact) mass is 689 g/mol. The molecule has 0 N–H and O–H groups in total. The van der Waals surface area contributed by atoms with Gasteiger partial charge in [0.05, 0.1) is 37.0 Å². The molecule has 0 fully saturated rings. The highest BCUT2D eigenvalue weighted by molar-refractivity contribution is 6.23. The molecule has 1 aliphatic rings. The van der Waals surface area contributed by atoms with Crippen LogP contribution < -0.4 is 0 Å². The topological polar surface area (TPSA) is 13.1 Å². The quantitative estimate of drug-likeness (QED) is 0.168. The number of benzene rings is 9. The summed E-state index contributed by atoms with van der Waals surface area (Å²) >= 11 is 0. The minimum absolute atomic E-state index is 0.0111. The molecule has 9 aromatic carbocycles. The number of furan rings is 1. The molecule has 1 aromatic heterocycles. The van der Waals surface area contributed by atoms with Gasteiger partial charge in [-0.3, -0.25) is 0 Å². The molecule has 1 heterocycles. The van der Waals surface area contributed by atoms with Gasteiger partial charge in [-0.1, -0.05) is 153 Å². The van der Waals surface area contributed by atoms with Crippen molar-refractivity contribution in [3.05, 3.63) is 180 Å². The number of rotatable bonds is 3. The van der Waals surface area contributed by atoms with Crippen LogP contribution in [0.25, 0.3) is 98.8 Å². The Morgan fingerprint density at radius 2 is 1.04 bits per heavy atom. The summed E-state index contributed by atoms with van der Waals surface area (Å²) in [4.78, 5) is 0. The lowest BCUT2D eigenvalue weighted by Crippen LogP contribution is -2.14. The lowest BCUT2D eigenvalue weighted by molar-refractivity contribution is 0.660. The first kappa shape index (κ1) is 13.3. The molecule has 0 saturated heterocycles. The van der Waals surface area contributed by atoms with E-state index < -0.39 is 256 Å². The van der Waals surface area contributed by atoms with Crippen molar-refractivity contribution >= 4 is 54.3 Å². The molecule has 0 aliphatic heterocycles. The van der Waals surface area contributed by atoms with Crippen molar-refractivity contribution in [1.82, 2.24) is 0 Å². The average Bonchev–Trinajstić information content (AvgIpc) is 3.96. The van der Waals surface area contributed by atoms with Gasteiger partial charge in [0, 0.05) is 21.6 Å². The Morgan fingerprint density at radius 1 is 0.423 bits per heavy atom. The predicted octanol–water partition coefficient (Wildman–Crippen LogP) is 14.4. The van der Waals surface area contributed by atoms with Crippen LogP contribution in [-0.4, -0.2) is 0 Å². The van der Waals surface area contributed by atoms with E-state index in [1.807, 2.05) is 0 Å². The molecule has 0 bridgehead atoms. The van der Waals surface area contributed by atoms with Gasteiger partial charge in [0.1, 0.15) is 11.2 Å². The molecule has 1 nitrogen and oxygen atoms in total. The maximum absolute atomic E-state index is 9.97. The zero-order valence-corrected chi connectivity index (χ0v) is 27.0. The molecule has 1 heteroatoms. The Bertz CT molecular complexity index is 4570. The minimum atomic E-state index is -1.39. The van der Waals surface area contributed by atoms with Crippen molar-refractivity contribution in [3.63, 3.8) is 0 Å². The molecule has 0 radical (unpaired) electrons. The molecular formula is C51H34O. The van der Waals surface area contributed by atoms with E-state index in [1.54, 1.807) is 13.8 Å². The van der Waals surface area contributed by atoms with Crippen molar-refractivity contribution in [2.24, 2.45) is 0 Å². The third-order valence-electron chi connectivity index (χ3n) is 9.50.